The van der Waals surface area contributed by atoms with Crippen molar-refractivity contribution in [2.24, 2.45) is 11.8 Å². The van der Waals surface area contributed by atoms with Crippen molar-refractivity contribution in [3.63, 3.8) is 0 Å². The van der Waals surface area contributed by atoms with E-state index in [1.54, 1.807) is 0 Å². The van der Waals surface area contributed by atoms with E-state index in [0.29, 0.717) is 11.8 Å². The van der Waals surface area contributed by atoms with Crippen molar-refractivity contribution in [1.82, 2.24) is 0 Å². The molecule has 0 bridgehead atoms. The van der Waals surface area contributed by atoms with Gasteiger partial charge in [-0.2, -0.15) is 0 Å². The minimum Gasteiger partial charge on any atom is -0.0811 e. The summed E-state index contributed by atoms with van der Waals surface area (Å²) < 4.78 is 0. The first kappa shape index (κ1) is 11.8. The number of benzene rings is 1. The summed E-state index contributed by atoms with van der Waals surface area (Å²) in [5.74, 6) is 1.43. The van der Waals surface area contributed by atoms with Crippen LogP contribution in [0.4, 0.5) is 0 Å². The van der Waals surface area contributed by atoms with Crippen LogP contribution in [0.5, 0.6) is 0 Å². The highest BCUT2D eigenvalue weighted by atomic mass is 14.2. The van der Waals surface area contributed by atoms with Gasteiger partial charge in [-0.15, -0.1) is 0 Å². The summed E-state index contributed by atoms with van der Waals surface area (Å²) in [4.78, 5) is 0. The van der Waals surface area contributed by atoms with Crippen LogP contribution in [0.3, 0.4) is 0 Å². The lowest BCUT2D eigenvalue weighted by Gasteiger charge is -2.11. The monoisotopic (exact) mass is 238 g/mol. The lowest BCUT2D eigenvalue weighted by Crippen LogP contribution is -1.97. The third-order valence-electron chi connectivity index (χ3n) is 4.35. The van der Waals surface area contributed by atoms with Gasteiger partial charge in [0.15, 0.2) is 0 Å². The van der Waals surface area contributed by atoms with Gasteiger partial charge in [-0.05, 0) is 59.8 Å². The highest BCUT2D eigenvalue weighted by molar-refractivity contribution is 5.64. The topological polar surface area (TPSA) is 0 Å². The lowest BCUT2D eigenvalue weighted by atomic mass is 9.94. The van der Waals surface area contributed by atoms with Crippen molar-refractivity contribution >= 4 is 12.2 Å². The maximum atomic E-state index is 2.43. The summed E-state index contributed by atoms with van der Waals surface area (Å²) in [5, 5.41) is 0. The van der Waals surface area contributed by atoms with Crippen LogP contribution >= 0.6 is 0 Å². The average Bonchev–Trinajstić information content (AvgIpc) is 2.66. The molecule has 0 nitrogen and oxygen atoms in total. The van der Waals surface area contributed by atoms with Crippen LogP contribution in [0.1, 0.15) is 48.9 Å². The Labute approximate surface area is 110 Å². The number of allylic oxidation sites excluding steroid dienone is 2. The molecule has 0 spiro atoms. The molecule has 0 radical (unpaired) electrons. The summed E-state index contributed by atoms with van der Waals surface area (Å²) in [6, 6.07) is 4.86. The van der Waals surface area contributed by atoms with Crippen molar-refractivity contribution in [2.75, 3.05) is 0 Å². The van der Waals surface area contributed by atoms with Crippen LogP contribution in [0.25, 0.3) is 12.2 Å². The van der Waals surface area contributed by atoms with Crippen LogP contribution in [-0.4, -0.2) is 0 Å². The van der Waals surface area contributed by atoms with Crippen molar-refractivity contribution in [3.8, 4) is 0 Å². The first-order valence-corrected chi connectivity index (χ1v) is 7.24. The molecule has 2 aliphatic rings. The zero-order valence-electron chi connectivity index (χ0n) is 11.4. The van der Waals surface area contributed by atoms with Crippen LogP contribution < -0.4 is 0 Å². The molecular weight excluding hydrogens is 216 g/mol. The number of fused-ring (bicyclic) bond motifs is 2. The molecule has 2 atom stereocenters. The van der Waals surface area contributed by atoms with Gasteiger partial charge in [0.05, 0.1) is 0 Å². The molecule has 1 aromatic carbocycles. The first-order valence-electron chi connectivity index (χ1n) is 7.24. The first-order chi connectivity index (χ1) is 8.72. The van der Waals surface area contributed by atoms with Crippen LogP contribution in [0.2, 0.25) is 0 Å². The molecule has 3 rings (SSSR count). The van der Waals surface area contributed by atoms with Crippen molar-refractivity contribution in [2.45, 2.75) is 39.5 Å². The second-order valence-corrected chi connectivity index (χ2v) is 6.00. The number of aryl methyl sites for hydroxylation is 2. The average molecular weight is 238 g/mol. The summed E-state index contributed by atoms with van der Waals surface area (Å²) >= 11 is 0. The lowest BCUT2D eigenvalue weighted by molar-refractivity contribution is 0.652. The Morgan fingerprint density at radius 2 is 1.22 bits per heavy atom. The van der Waals surface area contributed by atoms with Gasteiger partial charge in [0, 0.05) is 0 Å². The van der Waals surface area contributed by atoms with Gasteiger partial charge in [-0.1, -0.05) is 50.3 Å². The minimum atomic E-state index is 0.716. The highest BCUT2D eigenvalue weighted by Gasteiger charge is 2.13. The fourth-order valence-corrected chi connectivity index (χ4v) is 2.97. The molecule has 0 N–H and O–H groups in total. The van der Waals surface area contributed by atoms with E-state index in [4.69, 9.17) is 0 Å². The van der Waals surface area contributed by atoms with Gasteiger partial charge in [-0.25, -0.2) is 0 Å². The van der Waals surface area contributed by atoms with Crippen molar-refractivity contribution < 1.29 is 0 Å². The summed E-state index contributed by atoms with van der Waals surface area (Å²) in [6.07, 6.45) is 14.4. The zero-order chi connectivity index (χ0) is 12.5. The van der Waals surface area contributed by atoms with Gasteiger partial charge in [-0.3, -0.25) is 0 Å². The third-order valence-corrected chi connectivity index (χ3v) is 4.35. The largest absolute Gasteiger partial charge is 0.0811 e. The Balaban J connectivity index is 2.03. The van der Waals surface area contributed by atoms with Crippen LogP contribution in [0.15, 0.2) is 24.3 Å². The molecule has 94 valence electrons. The normalized spacial score (nSPS) is 26.1. The van der Waals surface area contributed by atoms with E-state index in [9.17, 15) is 0 Å². The molecule has 0 aromatic heterocycles. The second kappa shape index (κ2) is 4.76. The van der Waals surface area contributed by atoms with Gasteiger partial charge >= 0.3 is 0 Å². The van der Waals surface area contributed by atoms with E-state index in [2.05, 4.69) is 50.3 Å². The smallest absolute Gasteiger partial charge is 0.0224 e. The van der Waals surface area contributed by atoms with E-state index < -0.39 is 0 Å². The van der Waals surface area contributed by atoms with Gasteiger partial charge < -0.3 is 0 Å². The molecular formula is C18H22. The zero-order valence-corrected chi connectivity index (χ0v) is 11.4. The highest BCUT2D eigenvalue weighted by Crippen LogP contribution is 2.29. The quantitative estimate of drug-likeness (QED) is 0.604. The van der Waals surface area contributed by atoms with E-state index in [1.165, 1.54) is 47.9 Å². The SMILES string of the molecule is CC1C=Cc2cc3c(cc2CC1)C=CC(C)CC3. The van der Waals surface area contributed by atoms with Gasteiger partial charge in [0.2, 0.25) is 0 Å². The maximum absolute atomic E-state index is 2.43. The summed E-state index contributed by atoms with van der Waals surface area (Å²) in [5.41, 5.74) is 5.99. The molecule has 0 fully saturated rings. The second-order valence-electron chi connectivity index (χ2n) is 6.00. The predicted octanol–water partition coefficient (Wildman–Crippen LogP) is 4.88. The molecule has 2 unspecified atom stereocenters. The van der Waals surface area contributed by atoms with E-state index >= 15 is 0 Å². The Hall–Kier alpha value is -1.30. The van der Waals surface area contributed by atoms with Gasteiger partial charge in [0.1, 0.15) is 0 Å². The standard InChI is InChI=1S/C18H22/c1-13-3-7-15-11-17-9-5-14(2)6-10-18(17)12-16(15)8-4-13/h3,6-7,10-14H,4-5,8-9H2,1-2H3. The van der Waals surface area contributed by atoms with Crippen molar-refractivity contribution in [1.29, 1.82) is 0 Å². The van der Waals surface area contributed by atoms with E-state index in [0.717, 1.165) is 0 Å². The third kappa shape index (κ3) is 2.29. The number of hydrogen-bond acceptors (Lipinski definition) is 0. The Morgan fingerprint density at radius 3 is 1.67 bits per heavy atom. The molecule has 0 amide bonds. The maximum Gasteiger partial charge on any atom is -0.0224 e. The molecule has 2 aliphatic carbocycles. The molecule has 18 heavy (non-hydrogen) atoms. The molecule has 1 aromatic rings. The number of rotatable bonds is 0. The molecule has 0 aliphatic heterocycles. The Kier molecular flexibility index (Phi) is 3.11. The molecule has 0 heteroatoms. The molecule has 0 saturated heterocycles. The van der Waals surface area contributed by atoms with Crippen LogP contribution in [0, 0.1) is 11.8 Å². The fraction of sp³-hybridized carbons (Fsp3) is 0.444. The Morgan fingerprint density at radius 1 is 0.778 bits per heavy atom. The van der Waals surface area contributed by atoms with Crippen molar-refractivity contribution in [3.05, 3.63) is 46.5 Å². The van der Waals surface area contributed by atoms with Gasteiger partial charge in [0.25, 0.3) is 0 Å². The molecule has 0 saturated carbocycles. The minimum absolute atomic E-state index is 0.716. The van der Waals surface area contributed by atoms with E-state index in [1.807, 2.05) is 0 Å². The number of hydrogen-bond donors (Lipinski definition) is 0. The van der Waals surface area contributed by atoms with Crippen LogP contribution in [-0.2, 0) is 12.8 Å². The van der Waals surface area contributed by atoms with E-state index in [-0.39, 0.29) is 0 Å². The summed E-state index contributed by atoms with van der Waals surface area (Å²) in [6.45, 7) is 4.63. The Bertz CT molecular complexity index is 457. The summed E-state index contributed by atoms with van der Waals surface area (Å²) in [7, 11) is 0. The molecule has 0 heterocycles. The fourth-order valence-electron chi connectivity index (χ4n) is 2.97. The predicted molar refractivity (Wildman–Crippen MR) is 79.5 cm³/mol.